The Labute approximate surface area is 268 Å². The van der Waals surface area contributed by atoms with Crippen molar-refractivity contribution < 1.29 is 19.2 Å². The summed E-state index contributed by atoms with van der Waals surface area (Å²) in [7, 11) is 1.75. The van der Waals surface area contributed by atoms with Crippen LogP contribution in [0.1, 0.15) is 92.4 Å². The molecule has 1 aromatic rings. The summed E-state index contributed by atoms with van der Waals surface area (Å²) in [5.41, 5.74) is -0.0133. The summed E-state index contributed by atoms with van der Waals surface area (Å²) < 4.78 is 0. The van der Waals surface area contributed by atoms with E-state index in [1.165, 1.54) is 0 Å². The van der Waals surface area contributed by atoms with Crippen molar-refractivity contribution >= 4 is 35.0 Å². The zero-order valence-corrected chi connectivity index (χ0v) is 29.1. The molecule has 0 aliphatic carbocycles. The molecule has 3 heterocycles. The molecule has 10 heteroatoms. The van der Waals surface area contributed by atoms with Crippen LogP contribution in [0, 0.1) is 11.3 Å². The Bertz CT molecular complexity index is 1170. The Morgan fingerprint density at radius 2 is 1.70 bits per heavy atom. The Balaban J connectivity index is 1.75. The van der Waals surface area contributed by atoms with Gasteiger partial charge in [-0.05, 0) is 75.8 Å². The quantitative estimate of drug-likeness (QED) is 0.349. The second kappa shape index (κ2) is 15.5. The van der Waals surface area contributed by atoms with Gasteiger partial charge in [-0.2, -0.15) is 0 Å². The average Bonchev–Trinajstić information content (AvgIpc) is 3.68. The minimum atomic E-state index is -0.725. The van der Waals surface area contributed by atoms with Gasteiger partial charge in [-0.25, -0.2) is 0 Å². The smallest absolute Gasteiger partial charge is 0.249 e. The van der Waals surface area contributed by atoms with Crippen LogP contribution in [0.3, 0.4) is 0 Å². The number of hydrogen-bond donors (Lipinski definition) is 2. The number of nitrogens with zero attached hydrogens (tertiary/aromatic N) is 3. The molecule has 0 aromatic carbocycles. The van der Waals surface area contributed by atoms with Crippen molar-refractivity contribution in [1.29, 1.82) is 0 Å². The van der Waals surface area contributed by atoms with Crippen molar-refractivity contribution in [3.05, 3.63) is 34.0 Å². The number of thiophene rings is 1. The Morgan fingerprint density at radius 3 is 2.30 bits per heavy atom. The van der Waals surface area contributed by atoms with Gasteiger partial charge in [-0.3, -0.25) is 24.1 Å². The van der Waals surface area contributed by atoms with Crippen LogP contribution >= 0.6 is 11.3 Å². The third-order valence-electron chi connectivity index (χ3n) is 8.98. The van der Waals surface area contributed by atoms with Crippen molar-refractivity contribution in [3.8, 4) is 0 Å². The molecule has 9 nitrogen and oxygen atoms in total. The molecular weight excluding hydrogens is 574 g/mol. The summed E-state index contributed by atoms with van der Waals surface area (Å²) in [4.78, 5) is 61.0. The molecular formula is C34H55N5O4S. The first-order chi connectivity index (χ1) is 20.6. The molecule has 44 heavy (non-hydrogen) atoms. The topological polar surface area (TPSA) is 102 Å². The Kier molecular flexibility index (Phi) is 12.6. The second-order valence-corrected chi connectivity index (χ2v) is 15.2. The van der Waals surface area contributed by atoms with Gasteiger partial charge in [-0.1, -0.05) is 53.2 Å². The first-order valence-corrected chi connectivity index (χ1v) is 17.1. The first kappa shape index (κ1) is 35.8. The van der Waals surface area contributed by atoms with Crippen LogP contribution < -0.4 is 10.6 Å². The Hall–Kier alpha value is -2.72. The largest absolute Gasteiger partial charge is 0.349 e. The van der Waals surface area contributed by atoms with Gasteiger partial charge < -0.3 is 20.4 Å². The molecule has 0 saturated carbocycles. The highest BCUT2D eigenvalue weighted by atomic mass is 32.1. The number of carbonyl (C=O) groups excluding carboxylic acids is 4. The number of likely N-dealkylation sites (tertiary alicyclic amines) is 2. The predicted octanol–water partition coefficient (Wildman–Crippen LogP) is 4.58. The third kappa shape index (κ3) is 8.93. The molecule has 0 spiro atoms. The molecule has 0 bridgehead atoms. The monoisotopic (exact) mass is 629 g/mol. The van der Waals surface area contributed by atoms with E-state index in [4.69, 9.17) is 0 Å². The van der Waals surface area contributed by atoms with E-state index >= 15 is 0 Å². The van der Waals surface area contributed by atoms with Gasteiger partial charge in [0.25, 0.3) is 0 Å². The van der Waals surface area contributed by atoms with E-state index in [1.54, 1.807) is 35.1 Å². The fraction of sp³-hybridized carbons (Fsp3) is 0.706. The average molecular weight is 630 g/mol. The summed E-state index contributed by atoms with van der Waals surface area (Å²) in [6.07, 6.45) is 6.11. The van der Waals surface area contributed by atoms with Gasteiger partial charge in [0, 0.05) is 30.1 Å². The minimum Gasteiger partial charge on any atom is -0.349 e. The van der Waals surface area contributed by atoms with Crippen molar-refractivity contribution in [2.75, 3.05) is 20.1 Å². The summed E-state index contributed by atoms with van der Waals surface area (Å²) in [6, 6.07) is 2.33. The number of rotatable bonds is 11. The van der Waals surface area contributed by atoms with Gasteiger partial charge in [-0.15, -0.1) is 11.3 Å². The number of nitrogens with one attached hydrogen (secondary N) is 2. The van der Waals surface area contributed by atoms with E-state index in [1.807, 2.05) is 58.2 Å². The lowest BCUT2D eigenvalue weighted by Crippen LogP contribution is -2.60. The maximum absolute atomic E-state index is 14.1. The lowest BCUT2D eigenvalue weighted by atomic mass is 9.84. The lowest BCUT2D eigenvalue weighted by Gasteiger charge is -2.41. The molecule has 4 amide bonds. The normalized spacial score (nSPS) is 21.3. The lowest BCUT2D eigenvalue weighted by molar-refractivity contribution is -0.142. The van der Waals surface area contributed by atoms with Crippen LogP contribution in [0.4, 0.5) is 0 Å². The highest BCUT2D eigenvalue weighted by Crippen LogP contribution is 2.27. The highest BCUT2D eigenvalue weighted by molar-refractivity contribution is 7.09. The molecule has 2 aliphatic heterocycles. The highest BCUT2D eigenvalue weighted by Gasteiger charge is 2.40. The predicted molar refractivity (Wildman–Crippen MR) is 177 cm³/mol. The molecule has 246 valence electrons. The number of hydrogen-bond acceptors (Lipinski definition) is 6. The van der Waals surface area contributed by atoms with E-state index in [0.717, 1.165) is 37.1 Å². The van der Waals surface area contributed by atoms with Gasteiger partial charge in [0.1, 0.15) is 12.1 Å². The number of amides is 4. The second-order valence-electron chi connectivity index (χ2n) is 14.1. The van der Waals surface area contributed by atoms with Crippen molar-refractivity contribution in [3.63, 3.8) is 0 Å². The molecule has 2 N–H and O–H groups in total. The van der Waals surface area contributed by atoms with Crippen molar-refractivity contribution in [2.24, 2.45) is 11.3 Å². The molecule has 2 fully saturated rings. The van der Waals surface area contributed by atoms with E-state index in [-0.39, 0.29) is 47.7 Å². The molecule has 2 saturated heterocycles. The molecule has 3 rings (SSSR count). The SMILES string of the molecule is CC(=C[C@H](C(C)C)N(C)C(=O)[C@@H](NC(=O)C1CCCCN1C(C)C)C(C)(C)C)C(=O)N1CCC[C@H]1C(=O)NCc1cccs1. The van der Waals surface area contributed by atoms with E-state index in [9.17, 15) is 19.2 Å². The molecule has 0 radical (unpaired) electrons. The minimum absolute atomic E-state index is 0.0151. The summed E-state index contributed by atoms with van der Waals surface area (Å²) in [5, 5.41) is 8.10. The molecule has 4 atom stereocenters. The van der Waals surface area contributed by atoms with Crippen LogP contribution in [-0.4, -0.2) is 88.7 Å². The fourth-order valence-corrected chi connectivity index (χ4v) is 7.03. The van der Waals surface area contributed by atoms with Crippen LogP contribution in [0.2, 0.25) is 0 Å². The van der Waals surface area contributed by atoms with Crippen LogP contribution in [0.15, 0.2) is 29.2 Å². The zero-order valence-electron chi connectivity index (χ0n) is 28.3. The summed E-state index contributed by atoms with van der Waals surface area (Å²) in [6.45, 7) is 17.8. The number of likely N-dealkylation sites (N-methyl/N-ethyl adjacent to an activating group) is 1. The first-order valence-electron chi connectivity index (χ1n) is 16.3. The summed E-state index contributed by atoms with van der Waals surface area (Å²) in [5.74, 6) is -0.582. The van der Waals surface area contributed by atoms with E-state index < -0.39 is 17.5 Å². The van der Waals surface area contributed by atoms with E-state index in [0.29, 0.717) is 25.1 Å². The number of carbonyl (C=O) groups is 4. The van der Waals surface area contributed by atoms with Crippen molar-refractivity contribution in [2.45, 2.75) is 124 Å². The van der Waals surface area contributed by atoms with Crippen LogP contribution in [-0.2, 0) is 25.7 Å². The Morgan fingerprint density at radius 1 is 1.02 bits per heavy atom. The zero-order chi connectivity index (χ0) is 32.8. The molecule has 2 aliphatic rings. The van der Waals surface area contributed by atoms with Crippen LogP contribution in [0.5, 0.6) is 0 Å². The van der Waals surface area contributed by atoms with Gasteiger partial charge >= 0.3 is 0 Å². The fourth-order valence-electron chi connectivity index (χ4n) is 6.38. The maximum Gasteiger partial charge on any atom is 0.249 e. The molecule has 1 unspecified atom stereocenters. The van der Waals surface area contributed by atoms with Crippen LogP contribution in [0.25, 0.3) is 0 Å². The number of piperidine rings is 1. The van der Waals surface area contributed by atoms with Gasteiger partial charge in [0.15, 0.2) is 0 Å². The maximum atomic E-state index is 14.1. The van der Waals surface area contributed by atoms with E-state index in [2.05, 4.69) is 29.4 Å². The van der Waals surface area contributed by atoms with Crippen molar-refractivity contribution in [1.82, 2.24) is 25.3 Å². The standard InChI is InChI=1S/C34H55N5O4S/c1-22(2)28(20-24(5)32(42)39-18-12-16-26(39)30(40)35-21-25-14-13-19-44-25)37(9)33(43)29(34(6,7)8)36-31(41)27-15-10-11-17-38(27)23(3)4/h13-14,19-20,22-23,26-29H,10-12,15-18,21H2,1-9H3,(H,35,40)(H,36,41)/t26-,27?,28+,29+/m0/s1. The summed E-state index contributed by atoms with van der Waals surface area (Å²) >= 11 is 1.59. The third-order valence-corrected chi connectivity index (χ3v) is 9.86. The van der Waals surface area contributed by atoms with Gasteiger partial charge in [0.05, 0.1) is 18.6 Å². The van der Waals surface area contributed by atoms with Gasteiger partial charge in [0.2, 0.25) is 23.6 Å². The molecule has 1 aromatic heterocycles.